The van der Waals surface area contributed by atoms with Gasteiger partial charge in [0.15, 0.2) is 0 Å². The van der Waals surface area contributed by atoms with Gasteiger partial charge in [-0.1, -0.05) is 78.9 Å². The summed E-state index contributed by atoms with van der Waals surface area (Å²) in [7, 11) is 0. The van der Waals surface area contributed by atoms with E-state index in [-0.39, 0.29) is 25.7 Å². The van der Waals surface area contributed by atoms with Crippen molar-refractivity contribution in [1.82, 2.24) is 24.8 Å². The first-order chi connectivity index (χ1) is 21.9. The summed E-state index contributed by atoms with van der Waals surface area (Å²) in [5.41, 5.74) is -0.487. The number of fused-ring (bicyclic) bond motifs is 3. The fourth-order valence-electron chi connectivity index (χ4n) is 7.70. The minimum absolute atomic E-state index is 0.0857. The van der Waals surface area contributed by atoms with E-state index < -0.39 is 53.6 Å². The van der Waals surface area contributed by atoms with E-state index in [9.17, 15) is 19.5 Å². The number of ether oxygens (including phenoxy) is 2. The molecule has 0 bridgehead atoms. The molecule has 7 rings (SSSR count). The van der Waals surface area contributed by atoms with Crippen LogP contribution in [0.25, 0.3) is 11.0 Å². The normalized spacial score (nSPS) is 31.2. The van der Waals surface area contributed by atoms with E-state index in [1.165, 1.54) is 4.90 Å². The fraction of sp³-hybridized carbons (Fsp3) is 0.441. The van der Waals surface area contributed by atoms with Crippen molar-refractivity contribution < 1.29 is 29.0 Å². The van der Waals surface area contributed by atoms with E-state index in [0.29, 0.717) is 23.9 Å². The molecule has 0 aliphatic carbocycles. The van der Waals surface area contributed by atoms with Gasteiger partial charge < -0.3 is 24.4 Å². The van der Waals surface area contributed by atoms with Crippen LogP contribution in [0.1, 0.15) is 44.2 Å². The first-order valence-corrected chi connectivity index (χ1v) is 15.7. The lowest BCUT2D eigenvalue weighted by Gasteiger charge is -2.41. The Bertz CT molecular complexity index is 1670. The molecule has 1 aromatic heterocycles. The van der Waals surface area contributed by atoms with Crippen LogP contribution >= 0.6 is 0 Å². The van der Waals surface area contributed by atoms with Gasteiger partial charge in [-0.3, -0.25) is 14.4 Å². The Hall–Kier alpha value is -4.35. The number of carbonyl (C=O) groups is 3. The average molecular weight is 612 g/mol. The van der Waals surface area contributed by atoms with Crippen LogP contribution in [0, 0.1) is 11.8 Å². The molecule has 2 saturated heterocycles. The summed E-state index contributed by atoms with van der Waals surface area (Å²) >= 11 is 0. The maximum Gasteiger partial charge on any atom is 0.313 e. The molecule has 0 radical (unpaired) electrons. The second-order valence-electron chi connectivity index (χ2n) is 12.2. The number of aliphatic hydroxyl groups is 1. The molecule has 2 fully saturated rings. The maximum atomic E-state index is 14.9. The van der Waals surface area contributed by atoms with Crippen LogP contribution in [-0.2, 0) is 30.5 Å². The summed E-state index contributed by atoms with van der Waals surface area (Å²) in [6, 6.07) is 14.6. The Labute approximate surface area is 261 Å². The second-order valence-corrected chi connectivity index (χ2v) is 12.2. The molecule has 11 nitrogen and oxygen atoms in total. The summed E-state index contributed by atoms with van der Waals surface area (Å²) in [4.78, 5) is 46.8. The van der Waals surface area contributed by atoms with Crippen molar-refractivity contribution in [3.8, 4) is 0 Å². The van der Waals surface area contributed by atoms with Gasteiger partial charge in [0.25, 0.3) is 5.91 Å². The second kappa shape index (κ2) is 11.5. The zero-order valence-corrected chi connectivity index (χ0v) is 25.2. The van der Waals surface area contributed by atoms with Crippen LogP contribution in [-0.4, -0.2) is 84.7 Å². The van der Waals surface area contributed by atoms with Gasteiger partial charge in [-0.2, -0.15) is 0 Å². The van der Waals surface area contributed by atoms with Crippen LogP contribution in [0.2, 0.25) is 0 Å². The lowest BCUT2D eigenvalue weighted by atomic mass is 9.73. The molecule has 1 N–H and O–H groups in total. The topological polar surface area (TPSA) is 127 Å². The number of amides is 2. The first-order valence-electron chi connectivity index (χ1n) is 15.7. The highest BCUT2D eigenvalue weighted by Crippen LogP contribution is 2.59. The van der Waals surface area contributed by atoms with Crippen LogP contribution < -0.4 is 0 Å². The fourth-order valence-corrected chi connectivity index (χ4v) is 7.70. The van der Waals surface area contributed by atoms with Crippen molar-refractivity contribution in [3.63, 3.8) is 0 Å². The van der Waals surface area contributed by atoms with E-state index in [0.717, 1.165) is 18.4 Å². The van der Waals surface area contributed by atoms with Gasteiger partial charge in [-0.25, -0.2) is 4.68 Å². The lowest BCUT2D eigenvalue weighted by molar-refractivity contribution is -0.163. The first kappa shape index (κ1) is 29.4. The molecular weight excluding hydrogens is 574 g/mol. The number of nitrogens with zero attached hydrogens (tertiary/aromatic N) is 5. The van der Waals surface area contributed by atoms with Crippen LogP contribution in [0.3, 0.4) is 0 Å². The number of esters is 1. The maximum absolute atomic E-state index is 14.9. The number of hydrogen-bond acceptors (Lipinski definition) is 8. The van der Waals surface area contributed by atoms with Crippen LogP contribution in [0.5, 0.6) is 0 Å². The third-order valence-electron chi connectivity index (χ3n) is 9.82. The summed E-state index contributed by atoms with van der Waals surface area (Å²) in [5.74, 6) is -3.30. The Morgan fingerprint density at radius 3 is 2.58 bits per heavy atom. The monoisotopic (exact) mass is 611 g/mol. The van der Waals surface area contributed by atoms with Crippen LogP contribution in [0.15, 0.2) is 78.9 Å². The van der Waals surface area contributed by atoms with Crippen LogP contribution in [0.4, 0.5) is 0 Å². The molecule has 45 heavy (non-hydrogen) atoms. The van der Waals surface area contributed by atoms with Gasteiger partial charge in [0.1, 0.15) is 35.3 Å². The molecule has 1 unspecified atom stereocenters. The van der Waals surface area contributed by atoms with Gasteiger partial charge in [0.05, 0.1) is 30.7 Å². The minimum Gasteiger partial charge on any atom is -0.465 e. The summed E-state index contributed by atoms with van der Waals surface area (Å²) in [6.07, 6.45) is 10.3. The molecule has 5 heterocycles. The zero-order valence-electron chi connectivity index (χ0n) is 25.2. The van der Waals surface area contributed by atoms with E-state index in [4.69, 9.17) is 9.47 Å². The molecule has 2 amide bonds. The molecule has 11 heteroatoms. The van der Waals surface area contributed by atoms with Gasteiger partial charge in [0, 0.05) is 6.54 Å². The number of cyclic esters (lactones) is 1. The Morgan fingerprint density at radius 1 is 0.978 bits per heavy atom. The quantitative estimate of drug-likeness (QED) is 0.333. The molecule has 3 aromatic rings. The number of aromatic nitrogens is 3. The number of likely N-dealkylation sites (tertiary alicyclic amines) is 1. The lowest BCUT2D eigenvalue weighted by Crippen LogP contribution is -2.57. The number of para-hydroxylation sites is 1. The number of aliphatic hydroxyl groups excluding tert-OH is 1. The van der Waals surface area contributed by atoms with Crippen molar-refractivity contribution in [3.05, 3.63) is 84.5 Å². The number of hydrogen-bond donors (Lipinski definition) is 1. The highest BCUT2D eigenvalue weighted by molar-refractivity contribution is 5.99. The van der Waals surface area contributed by atoms with E-state index >= 15 is 0 Å². The van der Waals surface area contributed by atoms with Gasteiger partial charge >= 0.3 is 5.97 Å². The summed E-state index contributed by atoms with van der Waals surface area (Å²) < 4.78 is 14.5. The standard InChI is InChI=1S/C34H37N5O6/c1-2-33-17-10-3-4-11-20-44-32(43)28(33)27-30(41)39(26(21-40)23-13-6-5-7-14-23)29-31(42)37(19-12-18-34(27,29)45-33)22-38-25-16-9-8-15-24(25)35-36-38/h5-10,12-18,26-29,40H,2-4,11,19-22H2,1H3/b17-10-/t26-,27+,28-,29?,33+,34+/m1/s1. The highest BCUT2D eigenvalue weighted by atomic mass is 16.6. The number of rotatable bonds is 6. The SMILES string of the molecule is CC[C@]12/C=C\CCCCOC(=O)[C@H]1[C@H]1C(=O)N([C@H](CO)c3ccccc3)C3C(=O)N(Cn4nnc5ccccc54)CC=C[C@@]31O2. The smallest absolute Gasteiger partial charge is 0.313 e. The third kappa shape index (κ3) is 4.59. The van der Waals surface area contributed by atoms with Gasteiger partial charge in [-0.05, 0) is 43.4 Å². The molecular formula is C34H37N5O6. The minimum atomic E-state index is -1.48. The molecule has 6 atom stereocenters. The van der Waals surface area contributed by atoms with E-state index in [1.54, 1.807) is 9.58 Å². The molecule has 1 spiro atoms. The Kier molecular flexibility index (Phi) is 7.53. The molecule has 2 aromatic carbocycles. The number of carbonyl (C=O) groups excluding carboxylic acids is 3. The highest BCUT2D eigenvalue weighted by Gasteiger charge is 2.76. The summed E-state index contributed by atoms with van der Waals surface area (Å²) in [6.45, 7) is 2.07. The third-order valence-corrected chi connectivity index (χ3v) is 9.82. The predicted octanol–water partition coefficient (Wildman–Crippen LogP) is 3.17. The van der Waals surface area contributed by atoms with E-state index in [1.807, 2.05) is 85.8 Å². The largest absolute Gasteiger partial charge is 0.465 e. The van der Waals surface area contributed by atoms with Crippen molar-refractivity contribution in [2.75, 3.05) is 19.8 Å². The van der Waals surface area contributed by atoms with Gasteiger partial charge in [0.2, 0.25) is 5.91 Å². The van der Waals surface area contributed by atoms with Crippen molar-refractivity contribution in [2.24, 2.45) is 11.8 Å². The number of allylic oxidation sites excluding steroid dienone is 1. The number of benzene rings is 2. The average Bonchev–Trinajstić information content (AvgIpc) is 3.64. The van der Waals surface area contributed by atoms with Gasteiger partial charge in [-0.15, -0.1) is 5.10 Å². The molecule has 0 saturated carbocycles. The molecule has 4 aliphatic rings. The van der Waals surface area contributed by atoms with E-state index in [2.05, 4.69) is 10.3 Å². The molecule has 234 valence electrons. The molecule has 4 aliphatic heterocycles. The predicted molar refractivity (Wildman–Crippen MR) is 163 cm³/mol. The van der Waals surface area contributed by atoms with Crippen molar-refractivity contribution in [2.45, 2.75) is 62.6 Å². The Morgan fingerprint density at radius 2 is 1.78 bits per heavy atom. The van der Waals surface area contributed by atoms with Crippen molar-refractivity contribution in [1.29, 1.82) is 0 Å². The zero-order chi connectivity index (χ0) is 31.2. The Balaban J connectivity index is 1.37. The van der Waals surface area contributed by atoms with Crippen molar-refractivity contribution >= 4 is 28.8 Å². The summed E-state index contributed by atoms with van der Waals surface area (Å²) in [5, 5.41) is 19.3.